The molecule has 0 saturated carbocycles. The van der Waals surface area contributed by atoms with Crippen molar-refractivity contribution in [1.29, 1.82) is 0 Å². The van der Waals surface area contributed by atoms with Crippen LogP contribution in [0.5, 0.6) is 0 Å². The van der Waals surface area contributed by atoms with Gasteiger partial charge in [-0.25, -0.2) is 9.97 Å². The van der Waals surface area contributed by atoms with Crippen molar-refractivity contribution in [2.24, 2.45) is 5.92 Å². The summed E-state index contributed by atoms with van der Waals surface area (Å²) in [4.78, 5) is 19.6. The molecule has 1 saturated heterocycles. The Bertz CT molecular complexity index is 467. The topological polar surface area (TPSA) is 118 Å². The Balaban J connectivity index is 2.34. The van der Waals surface area contributed by atoms with Crippen LogP contribution in [0.2, 0.25) is 0 Å². The van der Waals surface area contributed by atoms with Crippen molar-refractivity contribution >= 4 is 17.3 Å². The molecule has 2 heterocycles. The lowest BCUT2D eigenvalue weighted by Gasteiger charge is -2.34. The SMILES string of the molecule is CC1CCN(c2ncnc(N)c2[N+](=O)[O-])CC1O. The second kappa shape index (κ2) is 4.73. The van der Waals surface area contributed by atoms with Crippen LogP contribution in [0.3, 0.4) is 0 Å². The smallest absolute Gasteiger partial charge is 0.353 e. The normalized spacial score (nSPS) is 24.0. The number of nitrogens with two attached hydrogens (primary N) is 1. The Kier molecular flexibility index (Phi) is 3.28. The molecule has 0 bridgehead atoms. The lowest BCUT2D eigenvalue weighted by atomic mass is 9.96. The number of nitrogens with zero attached hydrogens (tertiary/aromatic N) is 4. The fraction of sp³-hybridized carbons (Fsp3) is 0.600. The average molecular weight is 253 g/mol. The first kappa shape index (κ1) is 12.5. The molecule has 1 aliphatic rings. The van der Waals surface area contributed by atoms with Gasteiger partial charge in [-0.3, -0.25) is 10.1 Å². The number of nitro groups is 1. The molecule has 3 N–H and O–H groups in total. The Hall–Kier alpha value is -1.96. The number of aromatic nitrogens is 2. The van der Waals surface area contributed by atoms with Crippen molar-refractivity contribution in [3.8, 4) is 0 Å². The number of hydrogen-bond donors (Lipinski definition) is 2. The summed E-state index contributed by atoms with van der Waals surface area (Å²) in [5.74, 6) is 0.205. The van der Waals surface area contributed by atoms with E-state index in [1.54, 1.807) is 4.90 Å². The van der Waals surface area contributed by atoms with E-state index in [1.807, 2.05) is 6.92 Å². The number of β-amino-alcohol motifs (C(OH)–C–C–N with tert-alkyl or cyclic N) is 1. The minimum atomic E-state index is -0.588. The molecule has 1 aromatic heterocycles. The monoisotopic (exact) mass is 253 g/mol. The van der Waals surface area contributed by atoms with Gasteiger partial charge in [-0.2, -0.15) is 0 Å². The number of anilines is 2. The van der Waals surface area contributed by atoms with Crippen LogP contribution in [0.15, 0.2) is 6.33 Å². The maximum atomic E-state index is 11.0. The van der Waals surface area contributed by atoms with Crippen LogP contribution in [0, 0.1) is 16.0 Å². The van der Waals surface area contributed by atoms with Gasteiger partial charge in [-0.1, -0.05) is 6.92 Å². The predicted molar refractivity (Wildman–Crippen MR) is 65.1 cm³/mol. The van der Waals surface area contributed by atoms with Gasteiger partial charge >= 0.3 is 5.69 Å². The second-order valence-electron chi connectivity index (χ2n) is 4.47. The molecular weight excluding hydrogens is 238 g/mol. The molecule has 8 heteroatoms. The Morgan fingerprint density at radius 3 is 2.94 bits per heavy atom. The van der Waals surface area contributed by atoms with Gasteiger partial charge in [0.25, 0.3) is 0 Å². The highest BCUT2D eigenvalue weighted by Crippen LogP contribution is 2.32. The molecule has 8 nitrogen and oxygen atoms in total. The summed E-state index contributed by atoms with van der Waals surface area (Å²) in [5, 5.41) is 20.8. The molecule has 2 unspecified atom stereocenters. The molecular formula is C10H15N5O3. The van der Waals surface area contributed by atoms with E-state index in [-0.39, 0.29) is 23.2 Å². The van der Waals surface area contributed by atoms with Crippen molar-refractivity contribution in [3.63, 3.8) is 0 Å². The van der Waals surface area contributed by atoms with Crippen molar-refractivity contribution in [2.75, 3.05) is 23.7 Å². The zero-order valence-corrected chi connectivity index (χ0v) is 9.98. The summed E-state index contributed by atoms with van der Waals surface area (Å²) in [5.41, 5.74) is 5.22. The average Bonchev–Trinajstić information content (AvgIpc) is 2.32. The van der Waals surface area contributed by atoms with Crippen LogP contribution < -0.4 is 10.6 Å². The van der Waals surface area contributed by atoms with Gasteiger partial charge < -0.3 is 15.7 Å². The molecule has 0 aliphatic carbocycles. The largest absolute Gasteiger partial charge is 0.391 e. The second-order valence-corrected chi connectivity index (χ2v) is 4.47. The minimum absolute atomic E-state index is 0.155. The van der Waals surface area contributed by atoms with Crippen molar-refractivity contribution in [1.82, 2.24) is 9.97 Å². The molecule has 1 aliphatic heterocycles. The van der Waals surface area contributed by atoms with Crippen molar-refractivity contribution in [3.05, 3.63) is 16.4 Å². The van der Waals surface area contributed by atoms with Gasteiger partial charge in [-0.05, 0) is 12.3 Å². The maximum Gasteiger partial charge on any atom is 0.353 e. The zero-order chi connectivity index (χ0) is 13.3. The van der Waals surface area contributed by atoms with Gasteiger partial charge in [0.05, 0.1) is 11.0 Å². The van der Waals surface area contributed by atoms with Gasteiger partial charge in [0, 0.05) is 13.1 Å². The lowest BCUT2D eigenvalue weighted by molar-refractivity contribution is -0.383. The van der Waals surface area contributed by atoms with Gasteiger partial charge in [0.15, 0.2) is 0 Å². The highest BCUT2D eigenvalue weighted by molar-refractivity contribution is 5.68. The zero-order valence-electron chi connectivity index (χ0n) is 9.98. The standard InChI is InChI=1S/C10H15N5O3/c1-6-2-3-14(4-7(6)16)10-8(15(17)18)9(11)12-5-13-10/h5-7,16H,2-4H2,1H3,(H2,11,12,13). The first-order valence-corrected chi connectivity index (χ1v) is 5.68. The Morgan fingerprint density at radius 2 is 2.33 bits per heavy atom. The first-order valence-electron chi connectivity index (χ1n) is 5.68. The van der Waals surface area contributed by atoms with Gasteiger partial charge in [0.2, 0.25) is 11.6 Å². The van der Waals surface area contributed by atoms with E-state index in [1.165, 1.54) is 6.33 Å². The van der Waals surface area contributed by atoms with E-state index < -0.39 is 11.0 Å². The molecule has 18 heavy (non-hydrogen) atoms. The fourth-order valence-corrected chi connectivity index (χ4v) is 2.03. The predicted octanol–water partition coefficient (Wildman–Crippen LogP) is 0.174. The third-order valence-electron chi connectivity index (χ3n) is 3.23. The number of aliphatic hydroxyl groups excluding tert-OH is 1. The lowest BCUT2D eigenvalue weighted by Crippen LogP contribution is -2.43. The van der Waals surface area contributed by atoms with Crippen LogP contribution in [0.1, 0.15) is 13.3 Å². The summed E-state index contributed by atoms with van der Waals surface area (Å²) in [6.45, 7) is 2.87. The number of piperidine rings is 1. The molecule has 1 fully saturated rings. The van der Waals surface area contributed by atoms with Crippen LogP contribution in [-0.4, -0.2) is 39.2 Å². The summed E-state index contributed by atoms with van der Waals surface area (Å²) < 4.78 is 0. The molecule has 0 aromatic carbocycles. The number of aliphatic hydroxyl groups is 1. The molecule has 2 atom stereocenters. The van der Waals surface area contributed by atoms with Gasteiger partial charge in [-0.15, -0.1) is 0 Å². The quantitative estimate of drug-likeness (QED) is 0.569. The van der Waals surface area contributed by atoms with Crippen LogP contribution in [0.4, 0.5) is 17.3 Å². The van der Waals surface area contributed by atoms with E-state index >= 15 is 0 Å². The van der Waals surface area contributed by atoms with Crippen molar-refractivity contribution in [2.45, 2.75) is 19.4 Å². The summed E-state index contributed by atoms with van der Waals surface area (Å²) >= 11 is 0. The van der Waals surface area contributed by atoms with E-state index in [9.17, 15) is 15.2 Å². The van der Waals surface area contributed by atoms with Crippen LogP contribution >= 0.6 is 0 Å². The molecule has 98 valence electrons. The van der Waals surface area contributed by atoms with Crippen LogP contribution in [-0.2, 0) is 0 Å². The molecule has 0 spiro atoms. The van der Waals surface area contributed by atoms with E-state index in [2.05, 4.69) is 9.97 Å². The molecule has 0 amide bonds. The number of nitrogen functional groups attached to an aromatic ring is 1. The molecule has 2 rings (SSSR count). The Labute approximate surface area is 104 Å². The third-order valence-corrected chi connectivity index (χ3v) is 3.23. The van der Waals surface area contributed by atoms with Crippen molar-refractivity contribution < 1.29 is 10.0 Å². The van der Waals surface area contributed by atoms with E-state index in [0.717, 1.165) is 6.42 Å². The summed E-state index contributed by atoms with van der Waals surface area (Å²) in [6.07, 6.45) is 1.43. The summed E-state index contributed by atoms with van der Waals surface area (Å²) in [7, 11) is 0. The summed E-state index contributed by atoms with van der Waals surface area (Å²) in [6, 6.07) is 0. The first-order chi connectivity index (χ1) is 8.50. The minimum Gasteiger partial charge on any atom is -0.391 e. The maximum absolute atomic E-state index is 11.0. The number of hydrogen-bond acceptors (Lipinski definition) is 7. The highest BCUT2D eigenvalue weighted by atomic mass is 16.6. The fourth-order valence-electron chi connectivity index (χ4n) is 2.03. The van der Waals surface area contributed by atoms with Gasteiger partial charge in [0.1, 0.15) is 6.33 Å². The third kappa shape index (κ3) is 2.19. The molecule has 1 aromatic rings. The highest BCUT2D eigenvalue weighted by Gasteiger charge is 2.31. The van der Waals surface area contributed by atoms with E-state index in [0.29, 0.717) is 13.1 Å². The Morgan fingerprint density at radius 1 is 1.61 bits per heavy atom. The van der Waals surface area contributed by atoms with E-state index in [4.69, 9.17) is 5.73 Å². The van der Waals surface area contributed by atoms with Crippen LogP contribution in [0.25, 0.3) is 0 Å². The number of rotatable bonds is 2. The molecule has 0 radical (unpaired) electrons.